The van der Waals surface area contributed by atoms with E-state index in [1.54, 1.807) is 22.7 Å². The number of para-hydroxylation sites is 1. The van der Waals surface area contributed by atoms with Crippen molar-refractivity contribution in [2.45, 2.75) is 0 Å². The molecule has 0 fully saturated rings. The second-order valence-electron chi connectivity index (χ2n) is 7.54. The Morgan fingerprint density at radius 2 is 1.52 bits per heavy atom. The second-order valence-corrected chi connectivity index (χ2v) is 7.54. The molecule has 160 valence electrons. The number of nitro benzene ring substituents is 1. The van der Waals surface area contributed by atoms with Gasteiger partial charge in [-0.3, -0.25) is 19.7 Å². The number of rotatable bonds is 5. The summed E-state index contributed by atoms with van der Waals surface area (Å²) in [6.45, 7) is 0. The number of phenols is 1. The minimum Gasteiger partial charge on any atom is -0.507 e. The van der Waals surface area contributed by atoms with Crippen LogP contribution in [0.2, 0.25) is 0 Å². The number of hydrogen-bond acceptors (Lipinski definition) is 5. The predicted octanol–water partition coefficient (Wildman–Crippen LogP) is 5.17. The molecule has 33 heavy (non-hydrogen) atoms. The fraction of sp³-hybridized carbons (Fsp3) is 0. The van der Waals surface area contributed by atoms with E-state index in [1.165, 1.54) is 42.5 Å². The van der Waals surface area contributed by atoms with E-state index in [9.17, 15) is 24.8 Å². The van der Waals surface area contributed by atoms with Gasteiger partial charge in [0.15, 0.2) is 5.78 Å². The lowest BCUT2D eigenvalue weighted by Gasteiger charge is -2.07. The molecule has 0 saturated carbocycles. The van der Waals surface area contributed by atoms with Gasteiger partial charge in [0, 0.05) is 34.8 Å². The highest BCUT2D eigenvalue weighted by Crippen LogP contribution is 2.31. The van der Waals surface area contributed by atoms with Crippen molar-refractivity contribution in [2.24, 2.45) is 0 Å². The highest BCUT2D eigenvalue weighted by Gasteiger charge is 2.24. The first-order chi connectivity index (χ1) is 16.0. The van der Waals surface area contributed by atoms with E-state index in [2.05, 4.69) is 0 Å². The second kappa shape index (κ2) is 7.72. The molecule has 2 heterocycles. The molecule has 0 bridgehead atoms. The van der Waals surface area contributed by atoms with E-state index in [4.69, 9.17) is 0 Å². The van der Waals surface area contributed by atoms with Gasteiger partial charge in [0.05, 0.1) is 21.7 Å². The predicted molar refractivity (Wildman–Crippen MR) is 123 cm³/mol. The van der Waals surface area contributed by atoms with Crippen LogP contribution in [0.4, 0.5) is 5.69 Å². The summed E-state index contributed by atoms with van der Waals surface area (Å²) in [5.41, 5.74) is 1.34. The van der Waals surface area contributed by atoms with Crippen LogP contribution in [-0.2, 0) is 0 Å². The maximum Gasteiger partial charge on any atom is 0.269 e. The third-order valence-electron chi connectivity index (χ3n) is 5.62. The first-order valence-corrected chi connectivity index (χ1v) is 10.1. The normalized spacial score (nSPS) is 11.0. The standard InChI is InChI=1S/C26H16N2O5/c29-23-8-4-3-7-20(23)26(31)21-15-22(25(30)17-9-11-18(12-10-17)28(32)33)27-14-13-16-5-1-2-6-19(16)24(21)27/h1-15,29H. The number of aromatic hydroxyl groups is 1. The Morgan fingerprint density at radius 3 is 2.24 bits per heavy atom. The molecule has 0 aliphatic heterocycles. The van der Waals surface area contributed by atoms with E-state index >= 15 is 0 Å². The molecule has 0 unspecified atom stereocenters. The summed E-state index contributed by atoms with van der Waals surface area (Å²) in [5.74, 6) is -0.943. The van der Waals surface area contributed by atoms with E-state index in [0.717, 1.165) is 10.8 Å². The zero-order valence-electron chi connectivity index (χ0n) is 17.1. The number of nitro groups is 1. The van der Waals surface area contributed by atoms with Crippen molar-refractivity contribution in [3.05, 3.63) is 124 Å². The van der Waals surface area contributed by atoms with Crippen molar-refractivity contribution in [1.29, 1.82) is 0 Å². The van der Waals surface area contributed by atoms with Gasteiger partial charge >= 0.3 is 0 Å². The molecule has 0 atom stereocenters. The quantitative estimate of drug-likeness (QED) is 0.233. The monoisotopic (exact) mass is 436 g/mol. The largest absolute Gasteiger partial charge is 0.507 e. The Kier molecular flexibility index (Phi) is 4.71. The van der Waals surface area contributed by atoms with Gasteiger partial charge < -0.3 is 9.51 Å². The number of pyridine rings is 1. The molecular weight excluding hydrogens is 420 g/mol. The average Bonchev–Trinajstić information content (AvgIpc) is 3.24. The number of non-ortho nitro benzene ring substituents is 1. The van der Waals surface area contributed by atoms with Gasteiger partial charge in [-0.25, -0.2) is 0 Å². The number of nitrogens with zero attached hydrogens (tertiary/aromatic N) is 2. The lowest BCUT2D eigenvalue weighted by molar-refractivity contribution is -0.384. The van der Waals surface area contributed by atoms with Crippen LogP contribution >= 0.6 is 0 Å². The first kappa shape index (κ1) is 20.1. The smallest absolute Gasteiger partial charge is 0.269 e. The Labute approximate surface area is 187 Å². The van der Waals surface area contributed by atoms with Crippen LogP contribution in [0, 0.1) is 10.1 Å². The van der Waals surface area contributed by atoms with Crippen LogP contribution in [0.1, 0.15) is 32.0 Å². The van der Waals surface area contributed by atoms with E-state index < -0.39 is 10.7 Å². The van der Waals surface area contributed by atoms with Gasteiger partial charge in [-0.15, -0.1) is 0 Å². The Bertz CT molecular complexity index is 1580. The summed E-state index contributed by atoms with van der Waals surface area (Å²) in [5, 5.41) is 22.9. The van der Waals surface area contributed by atoms with E-state index in [-0.39, 0.29) is 39.6 Å². The molecule has 0 spiro atoms. The molecule has 0 saturated heterocycles. The van der Waals surface area contributed by atoms with Crippen LogP contribution in [0.3, 0.4) is 0 Å². The molecular formula is C26H16N2O5. The van der Waals surface area contributed by atoms with Crippen LogP contribution in [-0.4, -0.2) is 26.0 Å². The number of carbonyl (C=O) groups is 2. The van der Waals surface area contributed by atoms with Crippen LogP contribution in [0.25, 0.3) is 16.3 Å². The lowest BCUT2D eigenvalue weighted by Crippen LogP contribution is -2.05. The van der Waals surface area contributed by atoms with Crippen LogP contribution in [0.5, 0.6) is 5.75 Å². The summed E-state index contributed by atoms with van der Waals surface area (Å²) >= 11 is 0. The maximum atomic E-state index is 13.5. The van der Waals surface area contributed by atoms with Gasteiger partial charge in [0.2, 0.25) is 5.78 Å². The molecule has 7 nitrogen and oxygen atoms in total. The molecule has 0 aliphatic carbocycles. The SMILES string of the molecule is O=C(c1ccccc1O)c1cc(C(=O)c2ccc([N+](=O)[O-])cc2)n2ccc3ccccc3c12. The van der Waals surface area contributed by atoms with Crippen molar-refractivity contribution < 1.29 is 19.6 Å². The topological polar surface area (TPSA) is 102 Å². The minimum absolute atomic E-state index is 0.118. The van der Waals surface area contributed by atoms with Crippen molar-refractivity contribution >= 4 is 33.5 Å². The highest BCUT2D eigenvalue weighted by atomic mass is 16.6. The summed E-state index contributed by atoms with van der Waals surface area (Å²) in [4.78, 5) is 37.2. The van der Waals surface area contributed by atoms with Gasteiger partial charge in [-0.05, 0) is 41.8 Å². The van der Waals surface area contributed by atoms with Gasteiger partial charge in [-0.2, -0.15) is 0 Å². The summed E-state index contributed by atoms with van der Waals surface area (Å²) < 4.78 is 1.65. The molecule has 0 radical (unpaired) electrons. The number of aromatic nitrogens is 1. The zero-order valence-corrected chi connectivity index (χ0v) is 17.1. The molecule has 0 amide bonds. The summed E-state index contributed by atoms with van der Waals surface area (Å²) in [6.07, 6.45) is 1.72. The fourth-order valence-electron chi connectivity index (χ4n) is 4.01. The molecule has 1 N–H and O–H groups in total. The molecule has 7 heteroatoms. The van der Waals surface area contributed by atoms with Gasteiger partial charge in [-0.1, -0.05) is 36.4 Å². The number of ketones is 2. The number of carbonyl (C=O) groups excluding carboxylic acids is 2. The molecule has 3 aromatic carbocycles. The Hall–Kier alpha value is -4.78. The van der Waals surface area contributed by atoms with Crippen molar-refractivity contribution in [1.82, 2.24) is 4.40 Å². The maximum absolute atomic E-state index is 13.5. The zero-order chi connectivity index (χ0) is 23.1. The van der Waals surface area contributed by atoms with Crippen LogP contribution in [0.15, 0.2) is 91.1 Å². The number of hydrogen-bond donors (Lipinski definition) is 1. The first-order valence-electron chi connectivity index (χ1n) is 10.1. The van der Waals surface area contributed by atoms with Gasteiger partial charge in [0.25, 0.3) is 5.69 Å². The third kappa shape index (κ3) is 3.32. The third-order valence-corrected chi connectivity index (χ3v) is 5.62. The van der Waals surface area contributed by atoms with Crippen molar-refractivity contribution in [3.8, 4) is 5.75 Å². The minimum atomic E-state index is -0.532. The van der Waals surface area contributed by atoms with Crippen molar-refractivity contribution in [3.63, 3.8) is 0 Å². The molecule has 2 aromatic heterocycles. The number of phenolic OH excluding ortho intramolecular Hbond substituents is 1. The highest BCUT2D eigenvalue weighted by molar-refractivity contribution is 6.21. The van der Waals surface area contributed by atoms with Gasteiger partial charge in [0.1, 0.15) is 5.75 Å². The number of benzene rings is 3. The summed E-state index contributed by atoms with van der Waals surface area (Å²) in [6, 6.07) is 22.5. The van der Waals surface area contributed by atoms with E-state index in [0.29, 0.717) is 5.52 Å². The molecule has 5 aromatic rings. The average molecular weight is 436 g/mol. The van der Waals surface area contributed by atoms with Crippen LogP contribution < -0.4 is 0 Å². The summed E-state index contributed by atoms with van der Waals surface area (Å²) in [7, 11) is 0. The Balaban J connectivity index is 1.74. The Morgan fingerprint density at radius 1 is 0.818 bits per heavy atom. The molecule has 5 rings (SSSR count). The van der Waals surface area contributed by atoms with Crippen molar-refractivity contribution in [2.75, 3.05) is 0 Å². The fourth-order valence-corrected chi connectivity index (χ4v) is 4.01. The number of fused-ring (bicyclic) bond motifs is 3. The van der Waals surface area contributed by atoms with E-state index in [1.807, 2.05) is 30.3 Å². The lowest BCUT2D eigenvalue weighted by atomic mass is 10.0. The molecule has 0 aliphatic rings.